The molecule has 0 unspecified atom stereocenters. The fourth-order valence-corrected chi connectivity index (χ4v) is 5.70. The molecular weight excluding hydrogens is 488 g/mol. The number of para-hydroxylation sites is 2. The molecule has 7 rings (SSSR count). The molecule has 0 spiro atoms. The average molecular weight is 519 g/mol. The molecule has 2 heterocycles. The predicted molar refractivity (Wildman–Crippen MR) is 165 cm³/mol. The van der Waals surface area contributed by atoms with Gasteiger partial charge in [-0.3, -0.25) is 4.57 Å². The molecule has 0 N–H and O–H groups in total. The maximum atomic E-state index is 4.71. The van der Waals surface area contributed by atoms with Gasteiger partial charge >= 0.3 is 0 Å². The van der Waals surface area contributed by atoms with Crippen molar-refractivity contribution in [3.63, 3.8) is 0 Å². The van der Waals surface area contributed by atoms with Crippen LogP contribution in [0.1, 0.15) is 19.4 Å². The molecule has 0 aliphatic rings. The predicted octanol–water partition coefficient (Wildman–Crippen LogP) is 8.90. The third kappa shape index (κ3) is 4.18. The minimum absolute atomic E-state index is 0.615. The second-order valence-electron chi connectivity index (χ2n) is 10.7. The highest BCUT2D eigenvalue weighted by Gasteiger charge is 2.18. The van der Waals surface area contributed by atoms with E-state index in [-0.39, 0.29) is 0 Å². The molecule has 0 radical (unpaired) electrons. The molecule has 0 fully saturated rings. The Bertz CT molecular complexity index is 1870. The van der Waals surface area contributed by atoms with Crippen molar-refractivity contribution in [1.82, 2.24) is 19.3 Å². The summed E-state index contributed by atoms with van der Waals surface area (Å²) in [6, 6.07) is 45.0. The van der Waals surface area contributed by atoms with Gasteiger partial charge in [0, 0.05) is 33.3 Å². The van der Waals surface area contributed by atoms with Crippen LogP contribution < -0.4 is 0 Å². The van der Waals surface area contributed by atoms with E-state index in [0.29, 0.717) is 5.92 Å². The number of fused-ring (bicyclic) bond motifs is 3. The molecular formula is C36H30N4. The normalized spacial score (nSPS) is 11.6. The molecule has 5 aromatic carbocycles. The highest BCUT2D eigenvalue weighted by atomic mass is 15.3. The lowest BCUT2D eigenvalue weighted by Gasteiger charge is -2.13. The highest BCUT2D eigenvalue weighted by Crippen LogP contribution is 2.33. The molecule has 2 aromatic heterocycles. The zero-order valence-corrected chi connectivity index (χ0v) is 22.7. The molecule has 4 heteroatoms. The molecule has 7 aromatic rings. The number of aromatic nitrogens is 4. The topological polar surface area (TPSA) is 35.6 Å². The third-order valence-electron chi connectivity index (χ3n) is 7.50. The van der Waals surface area contributed by atoms with Gasteiger partial charge in [0.25, 0.3) is 0 Å². The minimum Gasteiger partial charge on any atom is -0.309 e. The van der Waals surface area contributed by atoms with Gasteiger partial charge in [0.05, 0.1) is 11.0 Å². The van der Waals surface area contributed by atoms with E-state index in [2.05, 4.69) is 137 Å². The number of nitrogens with zero attached hydrogens (tertiary/aromatic N) is 4. The van der Waals surface area contributed by atoms with Crippen molar-refractivity contribution in [3.05, 3.63) is 133 Å². The third-order valence-corrected chi connectivity index (χ3v) is 7.50. The van der Waals surface area contributed by atoms with E-state index >= 15 is 0 Å². The Labute approximate surface area is 234 Å². The summed E-state index contributed by atoms with van der Waals surface area (Å²) >= 11 is 0. The summed E-state index contributed by atoms with van der Waals surface area (Å²) in [7, 11) is 0. The molecule has 4 nitrogen and oxygen atoms in total. The van der Waals surface area contributed by atoms with E-state index in [4.69, 9.17) is 5.10 Å². The van der Waals surface area contributed by atoms with E-state index in [0.717, 1.165) is 40.6 Å². The molecule has 0 atom stereocenters. The first kappa shape index (κ1) is 24.1. The Morgan fingerprint density at radius 1 is 0.500 bits per heavy atom. The lowest BCUT2D eigenvalue weighted by atomic mass is 10.0. The van der Waals surface area contributed by atoms with E-state index in [1.807, 2.05) is 18.2 Å². The Kier molecular flexibility index (Phi) is 6.01. The van der Waals surface area contributed by atoms with Gasteiger partial charge in [-0.2, -0.15) is 0 Å². The Balaban J connectivity index is 1.35. The Morgan fingerprint density at radius 3 is 1.55 bits per heavy atom. The second-order valence-corrected chi connectivity index (χ2v) is 10.7. The first-order valence-electron chi connectivity index (χ1n) is 13.9. The van der Waals surface area contributed by atoms with Crippen molar-refractivity contribution in [2.24, 2.45) is 5.92 Å². The summed E-state index contributed by atoms with van der Waals surface area (Å²) < 4.78 is 4.51. The van der Waals surface area contributed by atoms with Gasteiger partial charge in [-0.05, 0) is 66.4 Å². The Hall–Kier alpha value is -4.96. The summed E-state index contributed by atoms with van der Waals surface area (Å²) in [6.07, 6.45) is 1.06. The van der Waals surface area contributed by atoms with Gasteiger partial charge in [0.2, 0.25) is 0 Å². The summed E-state index contributed by atoms with van der Waals surface area (Å²) in [5.41, 5.74) is 7.97. The molecule has 40 heavy (non-hydrogen) atoms. The molecule has 0 saturated heterocycles. The van der Waals surface area contributed by atoms with E-state index in [1.165, 1.54) is 27.4 Å². The zero-order chi connectivity index (χ0) is 27.1. The maximum absolute atomic E-state index is 4.71. The van der Waals surface area contributed by atoms with Crippen LogP contribution in [-0.2, 0) is 6.42 Å². The quantitative estimate of drug-likeness (QED) is 0.220. The fraction of sp³-hybridized carbons (Fsp3) is 0.111. The van der Waals surface area contributed by atoms with Crippen LogP contribution in [0.25, 0.3) is 56.0 Å². The standard InChI is InChI=1S/C36H30N4/c1-25(2)24-26-16-20-30(21-17-26)40-35(27-10-4-3-5-11-27)37-38-36(40)28-18-22-29(23-19-28)39-33-14-8-6-12-31(33)32-13-7-9-15-34(32)39/h3-23,25H,24H2,1-2H3. The van der Waals surface area contributed by atoms with Crippen LogP contribution in [0.3, 0.4) is 0 Å². The van der Waals surface area contributed by atoms with Crippen LogP contribution in [0.5, 0.6) is 0 Å². The molecule has 0 bridgehead atoms. The average Bonchev–Trinajstić information content (AvgIpc) is 3.58. The van der Waals surface area contributed by atoms with Crippen molar-refractivity contribution >= 4 is 21.8 Å². The fourth-order valence-electron chi connectivity index (χ4n) is 5.70. The van der Waals surface area contributed by atoms with Crippen LogP contribution in [0, 0.1) is 5.92 Å². The molecule has 0 amide bonds. The van der Waals surface area contributed by atoms with Crippen molar-refractivity contribution in [3.8, 4) is 34.2 Å². The first-order valence-corrected chi connectivity index (χ1v) is 13.9. The zero-order valence-electron chi connectivity index (χ0n) is 22.7. The van der Waals surface area contributed by atoms with Gasteiger partial charge < -0.3 is 4.57 Å². The van der Waals surface area contributed by atoms with Crippen LogP contribution in [-0.4, -0.2) is 19.3 Å². The van der Waals surface area contributed by atoms with Crippen LogP contribution in [0.2, 0.25) is 0 Å². The minimum atomic E-state index is 0.615. The van der Waals surface area contributed by atoms with Gasteiger partial charge in [-0.1, -0.05) is 92.7 Å². The number of benzene rings is 5. The van der Waals surface area contributed by atoms with Gasteiger partial charge in [0.15, 0.2) is 11.6 Å². The highest BCUT2D eigenvalue weighted by molar-refractivity contribution is 6.09. The van der Waals surface area contributed by atoms with Crippen LogP contribution in [0.15, 0.2) is 127 Å². The number of hydrogen-bond donors (Lipinski definition) is 0. The lowest BCUT2D eigenvalue weighted by Crippen LogP contribution is -2.02. The summed E-state index contributed by atoms with van der Waals surface area (Å²) in [4.78, 5) is 0. The molecule has 0 aliphatic carbocycles. The smallest absolute Gasteiger partial charge is 0.168 e. The van der Waals surface area contributed by atoms with E-state index in [1.54, 1.807) is 0 Å². The number of hydrogen-bond acceptors (Lipinski definition) is 2. The summed E-state index contributed by atoms with van der Waals surface area (Å²) in [6.45, 7) is 4.50. The van der Waals surface area contributed by atoms with Crippen molar-refractivity contribution < 1.29 is 0 Å². The van der Waals surface area contributed by atoms with E-state index < -0.39 is 0 Å². The van der Waals surface area contributed by atoms with Gasteiger partial charge in [-0.25, -0.2) is 0 Å². The monoisotopic (exact) mass is 518 g/mol. The van der Waals surface area contributed by atoms with Crippen LogP contribution in [0.4, 0.5) is 0 Å². The van der Waals surface area contributed by atoms with Crippen molar-refractivity contribution in [1.29, 1.82) is 0 Å². The summed E-state index contributed by atoms with van der Waals surface area (Å²) in [5.74, 6) is 2.27. The first-order chi connectivity index (χ1) is 19.7. The lowest BCUT2D eigenvalue weighted by molar-refractivity contribution is 0.647. The van der Waals surface area contributed by atoms with Crippen molar-refractivity contribution in [2.75, 3.05) is 0 Å². The van der Waals surface area contributed by atoms with Crippen molar-refractivity contribution in [2.45, 2.75) is 20.3 Å². The van der Waals surface area contributed by atoms with Crippen LogP contribution >= 0.6 is 0 Å². The number of rotatable bonds is 6. The molecule has 0 saturated carbocycles. The summed E-state index contributed by atoms with van der Waals surface area (Å²) in [5, 5.41) is 11.9. The Morgan fingerprint density at radius 2 is 0.975 bits per heavy atom. The molecule has 194 valence electrons. The van der Waals surface area contributed by atoms with Gasteiger partial charge in [-0.15, -0.1) is 10.2 Å². The largest absolute Gasteiger partial charge is 0.309 e. The second kappa shape index (κ2) is 9.97. The maximum Gasteiger partial charge on any atom is 0.168 e. The SMILES string of the molecule is CC(C)Cc1ccc(-n2c(-c3ccccc3)nnc2-c2ccc(-n3c4ccccc4c4ccccc43)cc2)cc1. The van der Waals surface area contributed by atoms with Gasteiger partial charge in [0.1, 0.15) is 0 Å². The van der Waals surface area contributed by atoms with E-state index in [9.17, 15) is 0 Å². The molecule has 0 aliphatic heterocycles.